The molecular weight excluding hydrogens is 162 g/mol. The van der Waals surface area contributed by atoms with E-state index in [1.165, 1.54) is 6.92 Å². The first-order chi connectivity index (χ1) is 5.57. The fraction of sp³-hybridized carbons (Fsp3) is 0.571. The van der Waals surface area contributed by atoms with Crippen LogP contribution < -0.4 is 0 Å². The summed E-state index contributed by atoms with van der Waals surface area (Å²) in [5.41, 5.74) is 0. The maximum Gasteiger partial charge on any atom is 0.310 e. The molecule has 66 valence electrons. The van der Waals surface area contributed by atoms with E-state index in [4.69, 9.17) is 10.4 Å². The lowest BCUT2D eigenvalue weighted by Gasteiger charge is -2.05. The lowest BCUT2D eigenvalue weighted by Crippen LogP contribution is -2.18. The maximum atomic E-state index is 10.8. The molecule has 1 unspecified atom stereocenters. The number of carboxylic acids is 1. The molecule has 0 aliphatic rings. The van der Waals surface area contributed by atoms with E-state index in [0.717, 1.165) is 0 Å². The molecule has 0 aliphatic carbocycles. The topological polar surface area (TPSA) is 87.4 Å². The van der Waals surface area contributed by atoms with Crippen molar-refractivity contribution in [3.05, 3.63) is 0 Å². The smallest absolute Gasteiger partial charge is 0.310 e. The number of esters is 1. The van der Waals surface area contributed by atoms with Crippen LogP contribution >= 0.6 is 0 Å². The predicted molar refractivity (Wildman–Crippen MR) is 38.0 cm³/mol. The van der Waals surface area contributed by atoms with Crippen molar-refractivity contribution in [1.29, 1.82) is 5.26 Å². The van der Waals surface area contributed by atoms with Gasteiger partial charge in [-0.25, -0.2) is 0 Å². The van der Waals surface area contributed by atoms with Crippen LogP contribution in [0.15, 0.2) is 0 Å². The Hall–Kier alpha value is -1.57. The summed E-state index contributed by atoms with van der Waals surface area (Å²) in [7, 11) is 0. The molecule has 0 rings (SSSR count). The Labute approximate surface area is 69.6 Å². The van der Waals surface area contributed by atoms with E-state index in [1.807, 2.05) is 0 Å². The third-order valence-corrected chi connectivity index (χ3v) is 1.16. The van der Waals surface area contributed by atoms with Crippen LogP contribution in [0.4, 0.5) is 0 Å². The molecule has 0 bridgehead atoms. The van der Waals surface area contributed by atoms with Crippen molar-refractivity contribution >= 4 is 11.9 Å². The normalized spacial score (nSPS) is 11.3. The second kappa shape index (κ2) is 5.13. The zero-order chi connectivity index (χ0) is 9.56. The Morgan fingerprint density at radius 1 is 1.67 bits per heavy atom. The van der Waals surface area contributed by atoms with Crippen LogP contribution in [0.2, 0.25) is 0 Å². The van der Waals surface area contributed by atoms with Crippen molar-refractivity contribution in [2.75, 3.05) is 6.61 Å². The molecule has 5 nitrogen and oxygen atoms in total. The summed E-state index contributed by atoms with van der Waals surface area (Å²) in [5.74, 6) is -2.41. The first-order valence-electron chi connectivity index (χ1n) is 3.33. The van der Waals surface area contributed by atoms with Crippen LogP contribution in [0.5, 0.6) is 0 Å². The molecule has 5 heteroatoms. The molecule has 0 spiro atoms. The molecule has 12 heavy (non-hydrogen) atoms. The van der Waals surface area contributed by atoms with Gasteiger partial charge in [0, 0.05) is 0 Å². The molecular formula is C7H9NO4. The van der Waals surface area contributed by atoms with Crippen molar-refractivity contribution in [1.82, 2.24) is 0 Å². The van der Waals surface area contributed by atoms with Crippen molar-refractivity contribution < 1.29 is 19.4 Å². The Morgan fingerprint density at radius 3 is 2.67 bits per heavy atom. The number of nitrogens with zero attached hydrogens (tertiary/aromatic N) is 1. The largest absolute Gasteiger partial charge is 0.481 e. The number of nitriles is 1. The molecule has 0 saturated heterocycles. The lowest BCUT2D eigenvalue weighted by atomic mass is 10.1. The summed E-state index contributed by atoms with van der Waals surface area (Å²) in [6.07, 6.45) is -0.274. The quantitative estimate of drug-likeness (QED) is 0.609. The number of hydrogen-bond donors (Lipinski definition) is 1. The van der Waals surface area contributed by atoms with Gasteiger partial charge in [-0.2, -0.15) is 5.26 Å². The molecule has 1 atom stereocenters. The highest BCUT2D eigenvalue weighted by Crippen LogP contribution is 2.03. The molecule has 0 radical (unpaired) electrons. The van der Waals surface area contributed by atoms with Gasteiger partial charge in [0.05, 0.1) is 12.3 Å². The third kappa shape index (κ3) is 4.28. The van der Waals surface area contributed by atoms with E-state index in [2.05, 4.69) is 4.74 Å². The first kappa shape index (κ1) is 10.4. The molecule has 0 saturated carbocycles. The number of hydrogen-bond acceptors (Lipinski definition) is 4. The van der Waals surface area contributed by atoms with Gasteiger partial charge in [0.1, 0.15) is 6.07 Å². The zero-order valence-electron chi connectivity index (χ0n) is 6.61. The summed E-state index contributed by atoms with van der Waals surface area (Å²) in [5, 5.41) is 16.3. The lowest BCUT2D eigenvalue weighted by molar-refractivity contribution is -0.151. The van der Waals surface area contributed by atoms with Crippen molar-refractivity contribution in [2.45, 2.75) is 13.3 Å². The number of ether oxygens (including phenoxy) is 1. The number of carbonyl (C=O) groups is 2. The van der Waals surface area contributed by atoms with Gasteiger partial charge in [0.2, 0.25) is 0 Å². The van der Waals surface area contributed by atoms with Gasteiger partial charge in [-0.05, 0) is 0 Å². The van der Waals surface area contributed by atoms with Crippen LogP contribution in [0, 0.1) is 17.2 Å². The highest BCUT2D eigenvalue weighted by molar-refractivity contribution is 5.78. The molecule has 0 amide bonds. The average Bonchev–Trinajstić information content (AvgIpc) is 1.98. The number of carboxylic acid groups (broad SMARTS) is 1. The van der Waals surface area contributed by atoms with Crippen LogP contribution in [-0.4, -0.2) is 23.7 Å². The molecule has 0 aliphatic heterocycles. The van der Waals surface area contributed by atoms with E-state index in [9.17, 15) is 9.59 Å². The van der Waals surface area contributed by atoms with E-state index in [0.29, 0.717) is 0 Å². The van der Waals surface area contributed by atoms with E-state index in [1.54, 1.807) is 6.07 Å². The second-order valence-corrected chi connectivity index (χ2v) is 2.26. The minimum atomic E-state index is -1.06. The highest BCUT2D eigenvalue weighted by atomic mass is 16.5. The molecule has 0 fully saturated rings. The third-order valence-electron chi connectivity index (χ3n) is 1.16. The van der Waals surface area contributed by atoms with Gasteiger partial charge in [-0.15, -0.1) is 0 Å². The number of carbonyl (C=O) groups excluding carboxylic acids is 1. The van der Waals surface area contributed by atoms with Gasteiger partial charge in [-0.1, -0.05) is 6.92 Å². The van der Waals surface area contributed by atoms with Crippen LogP contribution in [0.3, 0.4) is 0 Å². The number of rotatable bonds is 4. The van der Waals surface area contributed by atoms with E-state index >= 15 is 0 Å². The van der Waals surface area contributed by atoms with Gasteiger partial charge < -0.3 is 9.84 Å². The van der Waals surface area contributed by atoms with Crippen LogP contribution in [0.25, 0.3) is 0 Å². The molecule has 0 aromatic rings. The standard InChI is InChI=1S/C7H9NO4/c1-5(4-6(9)10)7(11)12-3-2-8/h5H,3-4H2,1H3,(H,9,10). The molecule has 0 heterocycles. The second-order valence-electron chi connectivity index (χ2n) is 2.26. The monoisotopic (exact) mass is 171 g/mol. The fourth-order valence-corrected chi connectivity index (χ4v) is 0.591. The molecule has 0 aromatic carbocycles. The zero-order valence-corrected chi connectivity index (χ0v) is 6.61. The Morgan fingerprint density at radius 2 is 2.25 bits per heavy atom. The summed E-state index contributed by atoms with van der Waals surface area (Å²) in [4.78, 5) is 20.9. The molecule has 1 N–H and O–H groups in total. The Balaban J connectivity index is 3.78. The van der Waals surface area contributed by atoms with Crippen molar-refractivity contribution in [3.63, 3.8) is 0 Å². The summed E-state index contributed by atoms with van der Waals surface area (Å²) in [6, 6.07) is 1.62. The van der Waals surface area contributed by atoms with Gasteiger partial charge in [-0.3, -0.25) is 9.59 Å². The maximum absolute atomic E-state index is 10.8. The summed E-state index contributed by atoms with van der Waals surface area (Å²) < 4.78 is 4.39. The summed E-state index contributed by atoms with van der Waals surface area (Å²) >= 11 is 0. The van der Waals surface area contributed by atoms with Gasteiger partial charge in [0.15, 0.2) is 6.61 Å². The number of aliphatic carboxylic acids is 1. The van der Waals surface area contributed by atoms with Crippen molar-refractivity contribution in [2.24, 2.45) is 5.92 Å². The van der Waals surface area contributed by atoms with Crippen molar-refractivity contribution in [3.8, 4) is 6.07 Å². The predicted octanol–water partition coefficient (Wildman–Crippen LogP) is 0.164. The first-order valence-corrected chi connectivity index (χ1v) is 3.33. The highest BCUT2D eigenvalue weighted by Gasteiger charge is 2.17. The van der Waals surface area contributed by atoms with E-state index < -0.39 is 17.9 Å². The SMILES string of the molecule is CC(CC(=O)O)C(=O)OCC#N. The van der Waals surface area contributed by atoms with Gasteiger partial charge in [0.25, 0.3) is 0 Å². The Kier molecular flexibility index (Phi) is 4.46. The van der Waals surface area contributed by atoms with Crippen LogP contribution in [-0.2, 0) is 14.3 Å². The minimum absolute atomic E-state index is 0.274. The van der Waals surface area contributed by atoms with Gasteiger partial charge >= 0.3 is 11.9 Å². The molecule has 0 aromatic heterocycles. The fourth-order valence-electron chi connectivity index (χ4n) is 0.591. The Bertz CT molecular complexity index is 218. The van der Waals surface area contributed by atoms with E-state index in [-0.39, 0.29) is 13.0 Å². The van der Waals surface area contributed by atoms with Crippen LogP contribution in [0.1, 0.15) is 13.3 Å². The summed E-state index contributed by atoms with van der Waals surface area (Å²) in [6.45, 7) is 1.11. The minimum Gasteiger partial charge on any atom is -0.481 e. The average molecular weight is 171 g/mol.